The molecule has 0 aliphatic carbocycles. The molecule has 1 aliphatic heterocycles. The molecule has 2 N–H and O–H groups in total. The first-order chi connectivity index (χ1) is 7.37. The van der Waals surface area contributed by atoms with Crippen molar-refractivity contribution in [2.75, 3.05) is 13.6 Å². The molecule has 1 rings (SSSR count). The number of amides is 1. The molecule has 1 saturated heterocycles. The van der Waals surface area contributed by atoms with E-state index in [9.17, 15) is 9.59 Å². The van der Waals surface area contributed by atoms with Gasteiger partial charge in [-0.2, -0.15) is 0 Å². The third kappa shape index (κ3) is 2.52. The van der Waals surface area contributed by atoms with Crippen LogP contribution in [0.5, 0.6) is 0 Å². The molecule has 1 aliphatic rings. The standard InChI is InChI=1S/C11H20N2O3/c1-11(2,10(15)16)13(3)9(14)8-6-4-5-7-12-8/h8,12H,4-7H2,1-3H3,(H,15,16). The van der Waals surface area contributed by atoms with Gasteiger partial charge >= 0.3 is 5.97 Å². The van der Waals surface area contributed by atoms with Gasteiger partial charge in [-0.3, -0.25) is 4.79 Å². The Morgan fingerprint density at radius 2 is 2.00 bits per heavy atom. The fraction of sp³-hybridized carbons (Fsp3) is 0.818. The van der Waals surface area contributed by atoms with Crippen LogP contribution < -0.4 is 5.32 Å². The number of nitrogens with zero attached hydrogens (tertiary/aromatic N) is 1. The van der Waals surface area contributed by atoms with E-state index in [-0.39, 0.29) is 11.9 Å². The highest BCUT2D eigenvalue weighted by atomic mass is 16.4. The van der Waals surface area contributed by atoms with Crippen molar-refractivity contribution in [3.8, 4) is 0 Å². The molecule has 1 amide bonds. The van der Waals surface area contributed by atoms with E-state index < -0.39 is 11.5 Å². The fourth-order valence-electron chi connectivity index (χ4n) is 1.72. The normalized spacial score (nSPS) is 21.6. The van der Waals surface area contributed by atoms with Crippen molar-refractivity contribution in [3.05, 3.63) is 0 Å². The largest absolute Gasteiger partial charge is 0.480 e. The minimum atomic E-state index is -1.16. The molecule has 5 heteroatoms. The first-order valence-electron chi connectivity index (χ1n) is 5.62. The highest BCUT2D eigenvalue weighted by molar-refractivity contribution is 5.88. The Bertz CT molecular complexity index is 283. The van der Waals surface area contributed by atoms with Crippen LogP contribution in [-0.2, 0) is 9.59 Å². The highest BCUT2D eigenvalue weighted by Crippen LogP contribution is 2.17. The van der Waals surface area contributed by atoms with Crippen molar-refractivity contribution < 1.29 is 14.7 Å². The van der Waals surface area contributed by atoms with Crippen LogP contribution in [0.25, 0.3) is 0 Å². The van der Waals surface area contributed by atoms with E-state index in [4.69, 9.17) is 5.11 Å². The SMILES string of the molecule is CN(C(=O)C1CCCCN1)C(C)(C)C(=O)O. The number of hydrogen-bond acceptors (Lipinski definition) is 3. The topological polar surface area (TPSA) is 69.6 Å². The minimum absolute atomic E-state index is 0.132. The molecule has 0 saturated carbocycles. The third-order valence-electron chi connectivity index (χ3n) is 3.30. The lowest BCUT2D eigenvalue weighted by Crippen LogP contribution is -2.57. The second-order valence-electron chi connectivity index (χ2n) is 4.76. The third-order valence-corrected chi connectivity index (χ3v) is 3.30. The second kappa shape index (κ2) is 4.82. The molecule has 0 aromatic rings. The van der Waals surface area contributed by atoms with Gasteiger partial charge in [0, 0.05) is 7.05 Å². The van der Waals surface area contributed by atoms with Crippen molar-refractivity contribution in [2.24, 2.45) is 0 Å². The summed E-state index contributed by atoms with van der Waals surface area (Å²) in [6, 6.07) is -0.225. The molecular formula is C11H20N2O3. The summed E-state index contributed by atoms with van der Waals surface area (Å²) in [4.78, 5) is 24.4. The van der Waals surface area contributed by atoms with Crippen LogP contribution in [0.1, 0.15) is 33.1 Å². The summed E-state index contributed by atoms with van der Waals surface area (Å²) in [6.07, 6.45) is 2.89. The van der Waals surface area contributed by atoms with Gasteiger partial charge in [0.05, 0.1) is 6.04 Å². The Hall–Kier alpha value is -1.10. The summed E-state index contributed by atoms with van der Waals surface area (Å²) < 4.78 is 0. The van der Waals surface area contributed by atoms with Gasteiger partial charge in [-0.25, -0.2) is 4.79 Å². The number of aliphatic carboxylic acids is 1. The van der Waals surface area contributed by atoms with E-state index in [1.807, 2.05) is 0 Å². The lowest BCUT2D eigenvalue weighted by Gasteiger charge is -2.35. The van der Waals surface area contributed by atoms with Gasteiger partial charge in [-0.15, -0.1) is 0 Å². The monoisotopic (exact) mass is 228 g/mol. The van der Waals surface area contributed by atoms with Crippen LogP contribution in [-0.4, -0.2) is 47.1 Å². The Labute approximate surface area is 95.8 Å². The van der Waals surface area contributed by atoms with Crippen molar-refractivity contribution in [1.82, 2.24) is 10.2 Å². The molecule has 0 radical (unpaired) electrons. The van der Waals surface area contributed by atoms with Crippen LogP contribution in [0.4, 0.5) is 0 Å². The van der Waals surface area contributed by atoms with Crippen LogP contribution in [0.3, 0.4) is 0 Å². The average molecular weight is 228 g/mol. The van der Waals surface area contributed by atoms with E-state index in [1.165, 1.54) is 18.7 Å². The maximum Gasteiger partial charge on any atom is 0.329 e. The zero-order valence-electron chi connectivity index (χ0n) is 10.1. The fourth-order valence-corrected chi connectivity index (χ4v) is 1.72. The predicted octanol–water partition coefficient (Wildman–Crippen LogP) is 0.450. The Balaban J connectivity index is 2.69. The molecule has 16 heavy (non-hydrogen) atoms. The van der Waals surface area contributed by atoms with E-state index in [2.05, 4.69) is 5.32 Å². The van der Waals surface area contributed by atoms with Crippen LogP contribution in [0.2, 0.25) is 0 Å². The summed E-state index contributed by atoms with van der Waals surface area (Å²) >= 11 is 0. The molecule has 0 bridgehead atoms. The number of carbonyl (C=O) groups is 2. The van der Waals surface area contributed by atoms with Gasteiger partial charge in [0.25, 0.3) is 0 Å². The molecular weight excluding hydrogens is 208 g/mol. The smallest absolute Gasteiger partial charge is 0.329 e. The number of hydrogen-bond donors (Lipinski definition) is 2. The van der Waals surface area contributed by atoms with Gasteiger partial charge in [0.2, 0.25) is 5.91 Å². The number of carboxylic acid groups (broad SMARTS) is 1. The molecule has 1 atom stereocenters. The van der Waals surface area contributed by atoms with Crippen LogP contribution in [0, 0.1) is 0 Å². The van der Waals surface area contributed by atoms with Crippen molar-refractivity contribution >= 4 is 11.9 Å². The molecule has 5 nitrogen and oxygen atoms in total. The summed E-state index contributed by atoms with van der Waals surface area (Å²) in [6.45, 7) is 3.91. The molecule has 0 aromatic heterocycles. The van der Waals surface area contributed by atoms with Gasteiger partial charge in [0.1, 0.15) is 5.54 Å². The van der Waals surface area contributed by atoms with Gasteiger partial charge in [-0.05, 0) is 33.2 Å². The maximum atomic E-state index is 12.0. The maximum absolute atomic E-state index is 12.0. The molecule has 1 fully saturated rings. The van der Waals surface area contributed by atoms with Crippen molar-refractivity contribution in [1.29, 1.82) is 0 Å². The van der Waals surface area contributed by atoms with Gasteiger partial charge < -0.3 is 15.3 Å². The highest BCUT2D eigenvalue weighted by Gasteiger charge is 2.37. The van der Waals surface area contributed by atoms with Gasteiger partial charge in [-0.1, -0.05) is 6.42 Å². The lowest BCUT2D eigenvalue weighted by molar-refractivity contribution is -0.156. The summed E-state index contributed by atoms with van der Waals surface area (Å²) in [7, 11) is 1.55. The van der Waals surface area contributed by atoms with E-state index >= 15 is 0 Å². The number of piperidine rings is 1. The first kappa shape index (κ1) is 13.0. The molecule has 0 aromatic carbocycles. The van der Waals surface area contributed by atoms with E-state index in [1.54, 1.807) is 7.05 Å². The summed E-state index contributed by atoms with van der Waals surface area (Å²) in [5.74, 6) is -1.12. The van der Waals surface area contributed by atoms with E-state index in [0.717, 1.165) is 25.8 Å². The van der Waals surface area contributed by atoms with Crippen LogP contribution in [0.15, 0.2) is 0 Å². The molecule has 1 unspecified atom stereocenters. The van der Waals surface area contributed by atoms with Crippen molar-refractivity contribution in [3.63, 3.8) is 0 Å². The average Bonchev–Trinajstić information content (AvgIpc) is 2.28. The van der Waals surface area contributed by atoms with Gasteiger partial charge in [0.15, 0.2) is 0 Å². The molecule has 1 heterocycles. The number of nitrogens with one attached hydrogen (secondary N) is 1. The van der Waals surface area contributed by atoms with E-state index in [0.29, 0.717) is 0 Å². The molecule has 92 valence electrons. The zero-order valence-corrected chi connectivity index (χ0v) is 10.1. The Morgan fingerprint density at radius 1 is 1.38 bits per heavy atom. The summed E-state index contributed by atoms with van der Waals surface area (Å²) in [5, 5.41) is 12.2. The predicted molar refractivity (Wildman–Crippen MR) is 60.1 cm³/mol. The number of carbonyl (C=O) groups excluding carboxylic acids is 1. The lowest BCUT2D eigenvalue weighted by atomic mass is 9.99. The van der Waals surface area contributed by atoms with Crippen molar-refractivity contribution in [2.45, 2.75) is 44.7 Å². The minimum Gasteiger partial charge on any atom is -0.480 e. The number of rotatable bonds is 3. The van der Waals surface area contributed by atoms with Crippen LogP contribution >= 0.6 is 0 Å². The Morgan fingerprint density at radius 3 is 2.44 bits per heavy atom. The Kier molecular flexibility index (Phi) is 3.91. The number of carboxylic acids is 1. The second-order valence-corrected chi connectivity index (χ2v) is 4.76. The first-order valence-corrected chi connectivity index (χ1v) is 5.62. The summed E-state index contributed by atoms with van der Waals surface area (Å²) in [5.41, 5.74) is -1.16. The number of likely N-dealkylation sites (N-methyl/N-ethyl adjacent to an activating group) is 1. The quantitative estimate of drug-likeness (QED) is 0.736. The molecule has 0 spiro atoms. The zero-order chi connectivity index (χ0) is 12.3.